The van der Waals surface area contributed by atoms with Gasteiger partial charge in [-0.2, -0.15) is 0 Å². The zero-order chi connectivity index (χ0) is 11.3. The summed E-state index contributed by atoms with van der Waals surface area (Å²) in [6, 6.07) is 4.65. The number of hydrogen-bond acceptors (Lipinski definition) is 2. The topological polar surface area (TPSA) is 25.2 Å². The molecule has 0 radical (unpaired) electrons. The molecule has 0 aliphatic carbocycles. The lowest BCUT2D eigenvalue weighted by Crippen LogP contribution is -2.33. The third-order valence-corrected chi connectivity index (χ3v) is 2.87. The Balaban J connectivity index is 2.44. The molecule has 3 atom stereocenters. The Kier molecular flexibility index (Phi) is 4.63. The highest BCUT2D eigenvalue weighted by Crippen LogP contribution is 2.16. The maximum atomic E-state index is 5.35. The first kappa shape index (κ1) is 12.1. The minimum atomic E-state index is 0.266. The Morgan fingerprint density at radius 2 is 2.20 bits per heavy atom. The number of allylic oxidation sites excluding steroid dienone is 1. The average molecular weight is 207 g/mol. The second kappa shape index (κ2) is 5.76. The maximum Gasteiger partial charge on any atom is 0.120 e. The number of hydrogen-bond donors (Lipinski definition) is 1. The minimum absolute atomic E-state index is 0.266. The standard InChI is InChI=1S/C13H21NO/c1-5-7-10(2)11(3)14-12(4)13-8-6-9-15-13/h5-6,8-12,14H,1,7H2,2-4H3. The van der Waals surface area contributed by atoms with Crippen LogP contribution in [0.15, 0.2) is 35.5 Å². The van der Waals surface area contributed by atoms with Crippen molar-refractivity contribution in [2.75, 3.05) is 0 Å². The van der Waals surface area contributed by atoms with Crippen molar-refractivity contribution in [1.29, 1.82) is 0 Å². The van der Waals surface area contributed by atoms with Gasteiger partial charge >= 0.3 is 0 Å². The van der Waals surface area contributed by atoms with Crippen LogP contribution in [0, 0.1) is 5.92 Å². The van der Waals surface area contributed by atoms with Crippen molar-refractivity contribution < 1.29 is 4.42 Å². The predicted octanol–water partition coefficient (Wildman–Crippen LogP) is 3.53. The van der Waals surface area contributed by atoms with E-state index in [-0.39, 0.29) is 6.04 Å². The zero-order valence-electron chi connectivity index (χ0n) is 9.86. The third kappa shape index (κ3) is 3.56. The van der Waals surface area contributed by atoms with Crippen LogP contribution in [0.1, 0.15) is 39.0 Å². The Hall–Kier alpha value is -1.02. The molecule has 1 aromatic rings. The van der Waals surface area contributed by atoms with Crippen molar-refractivity contribution in [2.45, 2.75) is 39.3 Å². The molecule has 0 saturated carbocycles. The van der Waals surface area contributed by atoms with E-state index in [0.29, 0.717) is 12.0 Å². The molecule has 1 aromatic heterocycles. The number of rotatable bonds is 6. The summed E-state index contributed by atoms with van der Waals surface area (Å²) in [5, 5.41) is 3.53. The zero-order valence-corrected chi connectivity index (χ0v) is 9.86. The van der Waals surface area contributed by atoms with Gasteiger partial charge in [0.2, 0.25) is 0 Å². The molecule has 1 N–H and O–H groups in total. The Bertz CT molecular complexity index is 279. The van der Waals surface area contributed by atoms with Crippen molar-refractivity contribution >= 4 is 0 Å². The molecular weight excluding hydrogens is 186 g/mol. The highest BCUT2D eigenvalue weighted by Gasteiger charge is 2.15. The Morgan fingerprint density at radius 1 is 1.47 bits per heavy atom. The second-order valence-electron chi connectivity index (χ2n) is 4.19. The van der Waals surface area contributed by atoms with Gasteiger partial charge in [-0.1, -0.05) is 13.0 Å². The van der Waals surface area contributed by atoms with E-state index in [0.717, 1.165) is 12.2 Å². The molecule has 1 heterocycles. The summed E-state index contributed by atoms with van der Waals surface area (Å²) in [6.45, 7) is 10.3. The number of nitrogens with one attached hydrogen (secondary N) is 1. The fraction of sp³-hybridized carbons (Fsp3) is 0.538. The summed E-state index contributed by atoms with van der Waals surface area (Å²) in [6.07, 6.45) is 4.73. The first-order chi connectivity index (χ1) is 7.15. The highest BCUT2D eigenvalue weighted by molar-refractivity contribution is 5.03. The van der Waals surface area contributed by atoms with Crippen LogP contribution < -0.4 is 5.32 Å². The fourth-order valence-electron chi connectivity index (χ4n) is 1.65. The molecule has 84 valence electrons. The summed E-state index contributed by atoms with van der Waals surface area (Å²) in [5.74, 6) is 1.59. The van der Waals surface area contributed by atoms with Gasteiger partial charge in [0.25, 0.3) is 0 Å². The van der Waals surface area contributed by atoms with Crippen LogP contribution in [0.3, 0.4) is 0 Å². The van der Waals surface area contributed by atoms with E-state index in [9.17, 15) is 0 Å². The molecule has 15 heavy (non-hydrogen) atoms. The molecular formula is C13H21NO. The Morgan fingerprint density at radius 3 is 2.73 bits per heavy atom. The van der Waals surface area contributed by atoms with Gasteiger partial charge < -0.3 is 9.73 Å². The van der Waals surface area contributed by atoms with Gasteiger partial charge in [-0.15, -0.1) is 6.58 Å². The molecule has 0 spiro atoms. The van der Waals surface area contributed by atoms with Crippen LogP contribution in [0.5, 0.6) is 0 Å². The van der Waals surface area contributed by atoms with E-state index in [4.69, 9.17) is 4.42 Å². The molecule has 0 aliphatic rings. The van der Waals surface area contributed by atoms with Crippen LogP contribution in [0.2, 0.25) is 0 Å². The first-order valence-corrected chi connectivity index (χ1v) is 5.55. The lowest BCUT2D eigenvalue weighted by atomic mass is 9.99. The molecule has 0 saturated heterocycles. The van der Waals surface area contributed by atoms with E-state index >= 15 is 0 Å². The highest BCUT2D eigenvalue weighted by atomic mass is 16.3. The van der Waals surface area contributed by atoms with Gasteiger partial charge in [0, 0.05) is 6.04 Å². The molecule has 2 nitrogen and oxygen atoms in total. The maximum absolute atomic E-state index is 5.35. The van der Waals surface area contributed by atoms with E-state index in [2.05, 4.69) is 32.7 Å². The van der Waals surface area contributed by atoms with Gasteiger partial charge in [0.05, 0.1) is 12.3 Å². The quantitative estimate of drug-likeness (QED) is 0.722. The van der Waals surface area contributed by atoms with Crippen molar-refractivity contribution in [1.82, 2.24) is 5.32 Å². The van der Waals surface area contributed by atoms with Gasteiger partial charge in [0.15, 0.2) is 0 Å². The van der Waals surface area contributed by atoms with Crippen molar-refractivity contribution in [2.24, 2.45) is 5.92 Å². The van der Waals surface area contributed by atoms with Crippen LogP contribution in [-0.4, -0.2) is 6.04 Å². The summed E-state index contributed by atoms with van der Waals surface area (Å²) < 4.78 is 5.35. The molecule has 3 unspecified atom stereocenters. The molecule has 0 aliphatic heterocycles. The smallest absolute Gasteiger partial charge is 0.120 e. The van der Waals surface area contributed by atoms with Gasteiger partial charge in [-0.05, 0) is 38.3 Å². The van der Waals surface area contributed by atoms with Crippen molar-refractivity contribution in [3.05, 3.63) is 36.8 Å². The SMILES string of the molecule is C=CCC(C)C(C)NC(C)c1ccco1. The molecule has 0 amide bonds. The fourth-order valence-corrected chi connectivity index (χ4v) is 1.65. The summed E-state index contributed by atoms with van der Waals surface area (Å²) in [4.78, 5) is 0. The van der Waals surface area contributed by atoms with Gasteiger partial charge in [-0.25, -0.2) is 0 Å². The van der Waals surface area contributed by atoms with Gasteiger partial charge in [-0.3, -0.25) is 0 Å². The lowest BCUT2D eigenvalue weighted by molar-refractivity contribution is 0.339. The lowest BCUT2D eigenvalue weighted by Gasteiger charge is -2.23. The largest absolute Gasteiger partial charge is 0.468 e. The van der Waals surface area contributed by atoms with E-state index < -0.39 is 0 Å². The predicted molar refractivity (Wildman–Crippen MR) is 63.7 cm³/mol. The van der Waals surface area contributed by atoms with Crippen molar-refractivity contribution in [3.8, 4) is 0 Å². The molecule has 1 rings (SSSR count). The normalized spacial score (nSPS) is 17.0. The van der Waals surface area contributed by atoms with Crippen LogP contribution in [-0.2, 0) is 0 Å². The molecule has 0 aromatic carbocycles. The monoisotopic (exact) mass is 207 g/mol. The second-order valence-corrected chi connectivity index (χ2v) is 4.19. The molecule has 2 heteroatoms. The Labute approximate surface area is 92.4 Å². The van der Waals surface area contributed by atoms with E-state index in [1.165, 1.54) is 0 Å². The van der Waals surface area contributed by atoms with Crippen molar-refractivity contribution in [3.63, 3.8) is 0 Å². The van der Waals surface area contributed by atoms with Crippen LogP contribution in [0.4, 0.5) is 0 Å². The van der Waals surface area contributed by atoms with Crippen LogP contribution in [0.25, 0.3) is 0 Å². The summed E-state index contributed by atoms with van der Waals surface area (Å²) >= 11 is 0. The molecule has 0 bridgehead atoms. The van der Waals surface area contributed by atoms with E-state index in [1.54, 1.807) is 6.26 Å². The van der Waals surface area contributed by atoms with Crippen LogP contribution >= 0.6 is 0 Å². The molecule has 0 fully saturated rings. The van der Waals surface area contributed by atoms with E-state index in [1.807, 2.05) is 18.2 Å². The first-order valence-electron chi connectivity index (χ1n) is 5.55. The summed E-state index contributed by atoms with van der Waals surface area (Å²) in [5.41, 5.74) is 0. The summed E-state index contributed by atoms with van der Waals surface area (Å²) in [7, 11) is 0. The third-order valence-electron chi connectivity index (χ3n) is 2.87. The minimum Gasteiger partial charge on any atom is -0.468 e. The average Bonchev–Trinajstić information content (AvgIpc) is 2.70. The number of furan rings is 1. The van der Waals surface area contributed by atoms with Gasteiger partial charge in [0.1, 0.15) is 5.76 Å².